The van der Waals surface area contributed by atoms with Gasteiger partial charge in [0.25, 0.3) is 0 Å². The van der Waals surface area contributed by atoms with Crippen molar-refractivity contribution in [2.45, 2.75) is 18.9 Å². The molecule has 1 N–H and O–H groups in total. The van der Waals surface area contributed by atoms with Crippen LogP contribution in [0.25, 0.3) is 0 Å². The number of rotatable bonds is 2. The number of amides is 2. The van der Waals surface area contributed by atoms with E-state index >= 15 is 0 Å². The van der Waals surface area contributed by atoms with E-state index in [4.69, 9.17) is 0 Å². The third-order valence-corrected chi connectivity index (χ3v) is 4.06. The number of pyridine rings is 1. The zero-order valence-electron chi connectivity index (χ0n) is 10.5. The molecular weight excluding hydrogens is 258 g/mol. The standard InChI is InChI=1S/C14H15N3OS/c18-14(16-12-3-1-6-15-9-12)17-7-2-4-13(17)11-5-8-19-10-11/h1,3,5-6,8-10,13H,2,4,7H2,(H,16,18). The maximum Gasteiger partial charge on any atom is 0.322 e. The number of nitrogens with zero attached hydrogens (tertiary/aromatic N) is 2. The number of nitrogens with one attached hydrogen (secondary N) is 1. The fourth-order valence-electron chi connectivity index (χ4n) is 2.45. The molecule has 1 fully saturated rings. The van der Waals surface area contributed by atoms with Gasteiger partial charge in [-0.3, -0.25) is 4.98 Å². The Labute approximate surface area is 116 Å². The van der Waals surface area contributed by atoms with E-state index in [0.29, 0.717) is 0 Å². The van der Waals surface area contributed by atoms with Crippen LogP contribution in [-0.4, -0.2) is 22.5 Å². The van der Waals surface area contributed by atoms with Gasteiger partial charge >= 0.3 is 6.03 Å². The summed E-state index contributed by atoms with van der Waals surface area (Å²) in [7, 11) is 0. The van der Waals surface area contributed by atoms with Gasteiger partial charge in [0.05, 0.1) is 17.9 Å². The van der Waals surface area contributed by atoms with Crippen molar-refractivity contribution >= 4 is 23.1 Å². The first-order valence-corrected chi connectivity index (χ1v) is 7.28. The Morgan fingerprint density at radius 1 is 1.47 bits per heavy atom. The van der Waals surface area contributed by atoms with Gasteiger partial charge in [0, 0.05) is 12.7 Å². The number of thiophene rings is 1. The zero-order chi connectivity index (χ0) is 13.1. The fourth-order valence-corrected chi connectivity index (χ4v) is 3.16. The Hall–Kier alpha value is -1.88. The summed E-state index contributed by atoms with van der Waals surface area (Å²) in [6, 6.07) is 5.94. The maximum absolute atomic E-state index is 12.3. The number of aromatic nitrogens is 1. The molecule has 2 aromatic rings. The molecule has 2 amide bonds. The summed E-state index contributed by atoms with van der Waals surface area (Å²) in [4.78, 5) is 18.2. The largest absolute Gasteiger partial charge is 0.322 e. The SMILES string of the molecule is O=C(Nc1cccnc1)N1CCCC1c1ccsc1. The molecule has 0 radical (unpaired) electrons. The zero-order valence-corrected chi connectivity index (χ0v) is 11.3. The van der Waals surface area contributed by atoms with Crippen LogP contribution in [0.1, 0.15) is 24.4 Å². The highest BCUT2D eigenvalue weighted by molar-refractivity contribution is 7.07. The second kappa shape index (κ2) is 5.40. The number of urea groups is 1. The van der Waals surface area contributed by atoms with Crippen LogP contribution in [-0.2, 0) is 0 Å². The molecule has 0 saturated carbocycles. The predicted molar refractivity (Wildman–Crippen MR) is 76.3 cm³/mol. The molecule has 1 aliphatic heterocycles. The maximum atomic E-state index is 12.3. The first-order chi connectivity index (χ1) is 9.34. The van der Waals surface area contributed by atoms with Crippen molar-refractivity contribution in [3.05, 3.63) is 46.9 Å². The van der Waals surface area contributed by atoms with Gasteiger partial charge in [0.1, 0.15) is 0 Å². The molecule has 3 rings (SSSR count). The Bertz CT molecular complexity index is 541. The molecule has 1 unspecified atom stereocenters. The van der Waals surface area contributed by atoms with Gasteiger partial charge in [0.15, 0.2) is 0 Å². The molecule has 98 valence electrons. The summed E-state index contributed by atoms with van der Waals surface area (Å²) in [5.74, 6) is 0. The number of anilines is 1. The van der Waals surface area contributed by atoms with E-state index in [2.05, 4.69) is 27.1 Å². The molecule has 5 heteroatoms. The minimum Gasteiger partial charge on any atom is -0.317 e. The van der Waals surface area contributed by atoms with Crippen LogP contribution in [0.5, 0.6) is 0 Å². The van der Waals surface area contributed by atoms with E-state index in [1.807, 2.05) is 17.0 Å². The summed E-state index contributed by atoms with van der Waals surface area (Å²) in [6.45, 7) is 0.812. The highest BCUT2D eigenvalue weighted by atomic mass is 32.1. The summed E-state index contributed by atoms with van der Waals surface area (Å²) in [5, 5.41) is 7.09. The number of hydrogen-bond acceptors (Lipinski definition) is 3. The normalized spacial score (nSPS) is 18.5. The summed E-state index contributed by atoms with van der Waals surface area (Å²) >= 11 is 1.68. The second-order valence-electron chi connectivity index (χ2n) is 4.58. The van der Waals surface area contributed by atoms with Gasteiger partial charge in [-0.15, -0.1) is 0 Å². The highest BCUT2D eigenvalue weighted by Crippen LogP contribution is 2.33. The minimum atomic E-state index is -0.0401. The molecule has 1 aliphatic rings. The van der Waals surface area contributed by atoms with Crippen LogP contribution in [0.3, 0.4) is 0 Å². The summed E-state index contributed by atoms with van der Waals surface area (Å²) in [6.07, 6.45) is 5.45. The number of carbonyl (C=O) groups excluding carboxylic acids is 1. The number of carbonyl (C=O) groups is 1. The molecular formula is C14H15N3OS. The Kier molecular flexibility index (Phi) is 3.46. The topological polar surface area (TPSA) is 45.2 Å². The average Bonchev–Trinajstić information content (AvgIpc) is 3.10. The van der Waals surface area contributed by atoms with Gasteiger partial charge in [-0.1, -0.05) is 0 Å². The van der Waals surface area contributed by atoms with Gasteiger partial charge in [0.2, 0.25) is 0 Å². The van der Waals surface area contributed by atoms with Crippen molar-refractivity contribution in [1.82, 2.24) is 9.88 Å². The lowest BCUT2D eigenvalue weighted by molar-refractivity contribution is 0.207. The van der Waals surface area contributed by atoms with E-state index < -0.39 is 0 Å². The van der Waals surface area contributed by atoms with E-state index in [9.17, 15) is 4.79 Å². The lowest BCUT2D eigenvalue weighted by Gasteiger charge is -2.24. The third kappa shape index (κ3) is 2.61. The highest BCUT2D eigenvalue weighted by Gasteiger charge is 2.30. The Morgan fingerprint density at radius 2 is 2.42 bits per heavy atom. The molecule has 0 aromatic carbocycles. The van der Waals surface area contributed by atoms with Crippen molar-refractivity contribution in [3.63, 3.8) is 0 Å². The molecule has 0 spiro atoms. The lowest BCUT2D eigenvalue weighted by atomic mass is 10.1. The van der Waals surface area contributed by atoms with Crippen molar-refractivity contribution in [2.75, 3.05) is 11.9 Å². The fraction of sp³-hybridized carbons (Fsp3) is 0.286. The van der Waals surface area contributed by atoms with Crippen molar-refractivity contribution in [2.24, 2.45) is 0 Å². The third-order valence-electron chi connectivity index (χ3n) is 3.35. The van der Waals surface area contributed by atoms with E-state index in [-0.39, 0.29) is 12.1 Å². The Morgan fingerprint density at radius 3 is 3.16 bits per heavy atom. The molecule has 4 nitrogen and oxygen atoms in total. The van der Waals surface area contributed by atoms with Crippen LogP contribution in [0.4, 0.5) is 10.5 Å². The minimum absolute atomic E-state index is 0.0401. The van der Waals surface area contributed by atoms with Gasteiger partial charge in [-0.2, -0.15) is 11.3 Å². The van der Waals surface area contributed by atoms with E-state index in [1.165, 1.54) is 5.56 Å². The quantitative estimate of drug-likeness (QED) is 0.910. The number of likely N-dealkylation sites (tertiary alicyclic amines) is 1. The monoisotopic (exact) mass is 273 g/mol. The first-order valence-electron chi connectivity index (χ1n) is 6.34. The van der Waals surface area contributed by atoms with Crippen LogP contribution >= 0.6 is 11.3 Å². The number of hydrogen-bond donors (Lipinski definition) is 1. The summed E-state index contributed by atoms with van der Waals surface area (Å²) in [5.41, 5.74) is 1.98. The van der Waals surface area contributed by atoms with E-state index in [0.717, 1.165) is 25.1 Å². The van der Waals surface area contributed by atoms with Crippen LogP contribution in [0.2, 0.25) is 0 Å². The predicted octanol–water partition coefficient (Wildman–Crippen LogP) is 3.51. The second-order valence-corrected chi connectivity index (χ2v) is 5.36. The van der Waals surface area contributed by atoms with Crippen molar-refractivity contribution in [3.8, 4) is 0 Å². The van der Waals surface area contributed by atoms with Crippen LogP contribution in [0, 0.1) is 0 Å². The molecule has 2 aromatic heterocycles. The Balaban J connectivity index is 1.72. The molecule has 0 aliphatic carbocycles. The van der Waals surface area contributed by atoms with Gasteiger partial charge in [-0.05, 0) is 47.4 Å². The van der Waals surface area contributed by atoms with E-state index in [1.54, 1.807) is 23.7 Å². The van der Waals surface area contributed by atoms with Crippen LogP contribution in [0.15, 0.2) is 41.4 Å². The van der Waals surface area contributed by atoms with Crippen molar-refractivity contribution in [1.29, 1.82) is 0 Å². The lowest BCUT2D eigenvalue weighted by Crippen LogP contribution is -2.34. The summed E-state index contributed by atoms with van der Waals surface area (Å²) < 4.78 is 0. The molecule has 1 atom stereocenters. The molecule has 19 heavy (non-hydrogen) atoms. The van der Waals surface area contributed by atoms with Crippen LogP contribution < -0.4 is 5.32 Å². The van der Waals surface area contributed by atoms with Crippen molar-refractivity contribution < 1.29 is 4.79 Å². The van der Waals surface area contributed by atoms with Gasteiger partial charge < -0.3 is 10.2 Å². The molecule has 0 bridgehead atoms. The average molecular weight is 273 g/mol. The smallest absolute Gasteiger partial charge is 0.317 e. The molecule has 3 heterocycles. The van der Waals surface area contributed by atoms with Gasteiger partial charge in [-0.25, -0.2) is 4.79 Å². The molecule has 1 saturated heterocycles. The first kappa shape index (κ1) is 12.2.